The molecule has 2 rings (SSSR count). The van der Waals surface area contributed by atoms with E-state index in [2.05, 4.69) is 22.2 Å². The van der Waals surface area contributed by atoms with Crippen LogP contribution in [-0.2, 0) is 6.18 Å². The zero-order valence-electron chi connectivity index (χ0n) is 12.9. The summed E-state index contributed by atoms with van der Waals surface area (Å²) in [5.74, 6) is -1.28. The van der Waals surface area contributed by atoms with Crippen molar-refractivity contribution in [1.29, 1.82) is 0 Å². The molecule has 0 atom stereocenters. The van der Waals surface area contributed by atoms with Gasteiger partial charge in [0.15, 0.2) is 0 Å². The molecule has 0 saturated heterocycles. The van der Waals surface area contributed by atoms with Gasteiger partial charge in [-0.2, -0.15) is 13.2 Å². The van der Waals surface area contributed by atoms with Crippen molar-refractivity contribution in [1.82, 2.24) is 10.3 Å². The van der Waals surface area contributed by atoms with E-state index >= 15 is 0 Å². The normalized spacial score (nSPS) is 10.8. The largest absolute Gasteiger partial charge is 0.418 e. The quantitative estimate of drug-likeness (QED) is 0.814. The molecule has 130 valence electrons. The molecule has 1 aromatic heterocycles. The second kappa shape index (κ2) is 7.61. The molecule has 0 radical (unpaired) electrons. The molecule has 0 aliphatic carbocycles. The van der Waals surface area contributed by atoms with Crippen LogP contribution in [0.15, 0.2) is 55.4 Å². The first-order valence-electron chi connectivity index (χ1n) is 7.14. The smallest absolute Gasteiger partial charge is 0.349 e. The Bertz CT molecular complexity index is 804. The number of pyridine rings is 1. The Balaban J connectivity index is 2.23. The Labute approximate surface area is 141 Å². The van der Waals surface area contributed by atoms with Crippen LogP contribution >= 0.6 is 0 Å². The summed E-state index contributed by atoms with van der Waals surface area (Å²) in [6.45, 7) is 3.69. The number of amides is 2. The van der Waals surface area contributed by atoms with E-state index in [9.17, 15) is 22.8 Å². The van der Waals surface area contributed by atoms with Crippen molar-refractivity contribution in [2.24, 2.45) is 0 Å². The van der Waals surface area contributed by atoms with E-state index in [1.54, 1.807) is 0 Å². The predicted octanol–water partition coefficient (Wildman–Crippen LogP) is 3.27. The number of carbonyl (C=O) groups excluding carboxylic acids is 2. The molecule has 0 aliphatic heterocycles. The van der Waals surface area contributed by atoms with Crippen molar-refractivity contribution >= 4 is 17.5 Å². The maximum absolute atomic E-state index is 13.0. The van der Waals surface area contributed by atoms with E-state index in [-0.39, 0.29) is 23.4 Å². The molecule has 1 heterocycles. The highest BCUT2D eigenvalue weighted by atomic mass is 19.4. The van der Waals surface area contributed by atoms with Gasteiger partial charge < -0.3 is 10.6 Å². The Kier molecular flexibility index (Phi) is 5.53. The third-order valence-electron chi connectivity index (χ3n) is 3.15. The maximum atomic E-state index is 13.0. The highest BCUT2D eigenvalue weighted by Gasteiger charge is 2.33. The van der Waals surface area contributed by atoms with Crippen molar-refractivity contribution < 1.29 is 22.8 Å². The second-order valence-electron chi connectivity index (χ2n) is 4.96. The van der Waals surface area contributed by atoms with Gasteiger partial charge in [-0.3, -0.25) is 14.6 Å². The second-order valence-corrected chi connectivity index (χ2v) is 4.96. The van der Waals surface area contributed by atoms with E-state index in [0.717, 1.165) is 18.3 Å². The van der Waals surface area contributed by atoms with Crippen LogP contribution in [0.1, 0.15) is 26.3 Å². The molecule has 2 aromatic rings. The third-order valence-corrected chi connectivity index (χ3v) is 3.15. The fraction of sp³-hybridized carbons (Fsp3) is 0.118. The lowest BCUT2D eigenvalue weighted by Crippen LogP contribution is -2.24. The average molecular weight is 349 g/mol. The number of halogens is 3. The summed E-state index contributed by atoms with van der Waals surface area (Å²) >= 11 is 0. The summed E-state index contributed by atoms with van der Waals surface area (Å²) in [5.41, 5.74) is -1.26. The fourth-order valence-electron chi connectivity index (χ4n) is 1.99. The van der Waals surface area contributed by atoms with Crippen LogP contribution in [0.2, 0.25) is 0 Å². The van der Waals surface area contributed by atoms with Crippen molar-refractivity contribution in [3.63, 3.8) is 0 Å². The Morgan fingerprint density at radius 3 is 2.40 bits per heavy atom. The number of nitrogens with one attached hydrogen (secondary N) is 2. The van der Waals surface area contributed by atoms with Gasteiger partial charge in [0, 0.05) is 18.9 Å². The fourth-order valence-corrected chi connectivity index (χ4v) is 1.99. The number of aromatic nitrogens is 1. The summed E-state index contributed by atoms with van der Waals surface area (Å²) in [4.78, 5) is 27.8. The monoisotopic (exact) mass is 349 g/mol. The average Bonchev–Trinajstić information content (AvgIpc) is 2.59. The molecule has 8 heteroatoms. The van der Waals surface area contributed by atoms with Crippen LogP contribution in [-0.4, -0.2) is 23.3 Å². The SMILES string of the molecule is C=CCNC(=O)c1cncc(C(=O)Nc2ccccc2C(F)(F)F)c1. The summed E-state index contributed by atoms with van der Waals surface area (Å²) in [6.07, 6.45) is -0.709. The molecule has 0 fully saturated rings. The van der Waals surface area contributed by atoms with Gasteiger partial charge in [-0.25, -0.2) is 0 Å². The summed E-state index contributed by atoms with van der Waals surface area (Å²) < 4.78 is 38.9. The molecule has 2 amide bonds. The Morgan fingerprint density at radius 2 is 1.76 bits per heavy atom. The number of hydrogen-bond donors (Lipinski definition) is 2. The number of hydrogen-bond acceptors (Lipinski definition) is 3. The molecule has 0 aliphatic rings. The first-order chi connectivity index (χ1) is 11.8. The van der Waals surface area contributed by atoms with Crippen LogP contribution in [0.4, 0.5) is 18.9 Å². The molecule has 0 spiro atoms. The van der Waals surface area contributed by atoms with Gasteiger partial charge in [-0.15, -0.1) is 6.58 Å². The Morgan fingerprint density at radius 1 is 1.12 bits per heavy atom. The lowest BCUT2D eigenvalue weighted by molar-refractivity contribution is -0.136. The van der Waals surface area contributed by atoms with Gasteiger partial charge in [-0.05, 0) is 18.2 Å². The lowest BCUT2D eigenvalue weighted by Gasteiger charge is -2.13. The van der Waals surface area contributed by atoms with E-state index in [4.69, 9.17) is 0 Å². The number of rotatable bonds is 5. The molecular formula is C17H14F3N3O2. The van der Waals surface area contributed by atoms with E-state index in [0.29, 0.717) is 0 Å². The number of alkyl halides is 3. The summed E-state index contributed by atoms with van der Waals surface area (Å²) in [5, 5.41) is 4.71. The first-order valence-corrected chi connectivity index (χ1v) is 7.14. The van der Waals surface area contributed by atoms with Crippen molar-refractivity contribution in [3.05, 3.63) is 72.1 Å². The molecule has 0 bridgehead atoms. The zero-order chi connectivity index (χ0) is 18.4. The number of benzene rings is 1. The number of anilines is 1. The van der Waals surface area contributed by atoms with Crippen LogP contribution in [0.3, 0.4) is 0 Å². The van der Waals surface area contributed by atoms with Gasteiger partial charge in [0.25, 0.3) is 11.8 Å². The topological polar surface area (TPSA) is 71.1 Å². The molecule has 5 nitrogen and oxygen atoms in total. The summed E-state index contributed by atoms with van der Waals surface area (Å²) in [7, 11) is 0. The van der Waals surface area contributed by atoms with Crippen LogP contribution in [0.25, 0.3) is 0 Å². The molecule has 0 unspecified atom stereocenters. The van der Waals surface area contributed by atoms with Gasteiger partial charge >= 0.3 is 6.18 Å². The molecule has 1 aromatic carbocycles. The van der Waals surface area contributed by atoms with Crippen molar-refractivity contribution in [2.75, 3.05) is 11.9 Å². The van der Waals surface area contributed by atoms with Crippen molar-refractivity contribution in [3.8, 4) is 0 Å². The minimum absolute atomic E-state index is 0.0387. The number of nitrogens with zero attached hydrogens (tertiary/aromatic N) is 1. The maximum Gasteiger partial charge on any atom is 0.418 e. The third kappa shape index (κ3) is 4.66. The molecular weight excluding hydrogens is 335 g/mol. The molecule has 0 saturated carbocycles. The van der Waals surface area contributed by atoms with Gasteiger partial charge in [0.1, 0.15) is 0 Å². The lowest BCUT2D eigenvalue weighted by atomic mass is 10.1. The zero-order valence-corrected chi connectivity index (χ0v) is 12.9. The van der Waals surface area contributed by atoms with Crippen LogP contribution < -0.4 is 10.6 Å². The number of para-hydroxylation sites is 1. The van der Waals surface area contributed by atoms with Gasteiger partial charge in [-0.1, -0.05) is 18.2 Å². The molecule has 25 heavy (non-hydrogen) atoms. The first kappa shape index (κ1) is 18.2. The van der Waals surface area contributed by atoms with Crippen molar-refractivity contribution in [2.45, 2.75) is 6.18 Å². The number of carbonyl (C=O) groups is 2. The van der Waals surface area contributed by atoms with Crippen LogP contribution in [0.5, 0.6) is 0 Å². The molecule has 2 N–H and O–H groups in total. The minimum atomic E-state index is -4.60. The van der Waals surface area contributed by atoms with E-state index in [1.165, 1.54) is 30.5 Å². The van der Waals surface area contributed by atoms with Gasteiger partial charge in [0.05, 0.1) is 22.4 Å². The standard InChI is InChI=1S/C17H14F3N3O2/c1-2-7-22-15(24)11-8-12(10-21-9-11)16(25)23-14-6-4-3-5-13(14)17(18,19)20/h2-6,8-10H,1,7H2,(H,22,24)(H,23,25). The van der Waals surface area contributed by atoms with E-state index in [1.807, 2.05) is 0 Å². The summed E-state index contributed by atoms with van der Waals surface area (Å²) in [6, 6.07) is 5.87. The van der Waals surface area contributed by atoms with Gasteiger partial charge in [0.2, 0.25) is 0 Å². The predicted molar refractivity (Wildman–Crippen MR) is 86.2 cm³/mol. The minimum Gasteiger partial charge on any atom is -0.349 e. The Hall–Kier alpha value is -3.16. The highest BCUT2D eigenvalue weighted by Crippen LogP contribution is 2.34. The van der Waals surface area contributed by atoms with E-state index < -0.39 is 23.6 Å². The highest BCUT2D eigenvalue weighted by molar-refractivity contribution is 6.06. The van der Waals surface area contributed by atoms with Crippen LogP contribution in [0, 0.1) is 0 Å².